The van der Waals surface area contributed by atoms with Crippen LogP contribution < -0.4 is 5.32 Å². The van der Waals surface area contributed by atoms with Crippen molar-refractivity contribution in [3.63, 3.8) is 0 Å². The molecular formula is C25H27N5O2. The number of hydrogen-bond acceptors (Lipinski definition) is 5. The third-order valence-corrected chi connectivity index (χ3v) is 5.63. The second-order valence-corrected chi connectivity index (χ2v) is 8.29. The summed E-state index contributed by atoms with van der Waals surface area (Å²) in [6, 6.07) is 13.3. The van der Waals surface area contributed by atoms with E-state index in [2.05, 4.69) is 44.1 Å². The van der Waals surface area contributed by atoms with Crippen molar-refractivity contribution in [1.29, 1.82) is 0 Å². The second kappa shape index (κ2) is 8.78. The first-order valence-corrected chi connectivity index (χ1v) is 10.7. The molecule has 7 heteroatoms. The second-order valence-electron chi connectivity index (χ2n) is 8.29. The highest BCUT2D eigenvalue weighted by Gasteiger charge is 2.27. The van der Waals surface area contributed by atoms with Crippen molar-refractivity contribution in [2.24, 2.45) is 5.92 Å². The first kappa shape index (κ1) is 21.5. The molecule has 0 spiro atoms. The Kier molecular flexibility index (Phi) is 5.90. The Labute approximate surface area is 187 Å². The number of pyridine rings is 1. The zero-order valence-electron chi connectivity index (χ0n) is 19.0. The van der Waals surface area contributed by atoms with E-state index in [4.69, 9.17) is 4.52 Å². The molecule has 1 aromatic carbocycles. The minimum Gasteiger partial charge on any atom is -0.340 e. The molecule has 0 aliphatic rings. The van der Waals surface area contributed by atoms with Crippen molar-refractivity contribution in [3.8, 4) is 17.1 Å². The molecule has 3 heterocycles. The van der Waals surface area contributed by atoms with Gasteiger partial charge in [0, 0.05) is 35.0 Å². The summed E-state index contributed by atoms with van der Waals surface area (Å²) in [5, 5.41) is 7.19. The lowest BCUT2D eigenvalue weighted by molar-refractivity contribution is 0.0913. The van der Waals surface area contributed by atoms with Crippen molar-refractivity contribution in [1.82, 2.24) is 25.0 Å². The Morgan fingerprint density at radius 1 is 1.06 bits per heavy atom. The average Bonchev–Trinajstić information content (AvgIpc) is 3.38. The van der Waals surface area contributed by atoms with Crippen molar-refractivity contribution < 1.29 is 9.32 Å². The maximum Gasteiger partial charge on any atom is 0.253 e. The Morgan fingerprint density at radius 3 is 2.47 bits per heavy atom. The van der Waals surface area contributed by atoms with Gasteiger partial charge in [-0.1, -0.05) is 37.2 Å². The van der Waals surface area contributed by atoms with E-state index in [1.54, 1.807) is 12.4 Å². The number of amides is 1. The molecule has 4 aromatic rings. The van der Waals surface area contributed by atoms with Crippen molar-refractivity contribution in [3.05, 3.63) is 83.3 Å². The SMILES string of the molecule is Cc1ccccc1-n1c(C)cc(C(=O)NC(c2nc(-c3ccncc3)no2)C(C)C)c1C. The highest BCUT2D eigenvalue weighted by Crippen LogP contribution is 2.26. The van der Waals surface area contributed by atoms with Gasteiger partial charge in [0.1, 0.15) is 6.04 Å². The van der Waals surface area contributed by atoms with Crippen LogP contribution in [0.25, 0.3) is 17.1 Å². The van der Waals surface area contributed by atoms with Crippen LogP contribution in [0, 0.1) is 26.7 Å². The Balaban J connectivity index is 1.62. The number of carbonyl (C=O) groups is 1. The summed E-state index contributed by atoms with van der Waals surface area (Å²) in [6.07, 6.45) is 3.36. The number of aromatic nitrogens is 4. The highest BCUT2D eigenvalue weighted by molar-refractivity contribution is 5.96. The van der Waals surface area contributed by atoms with E-state index in [0.717, 1.165) is 28.2 Å². The Bertz CT molecular complexity index is 1240. The van der Waals surface area contributed by atoms with Gasteiger partial charge in [0.25, 0.3) is 5.91 Å². The number of rotatable bonds is 6. The number of benzene rings is 1. The molecule has 7 nitrogen and oxygen atoms in total. The zero-order chi connectivity index (χ0) is 22.8. The van der Waals surface area contributed by atoms with Gasteiger partial charge in [-0.15, -0.1) is 0 Å². The molecule has 0 bridgehead atoms. The van der Waals surface area contributed by atoms with E-state index >= 15 is 0 Å². The van der Waals surface area contributed by atoms with Gasteiger partial charge in [-0.3, -0.25) is 9.78 Å². The third kappa shape index (κ3) is 4.06. The fraction of sp³-hybridized carbons (Fsp3) is 0.280. The predicted molar refractivity (Wildman–Crippen MR) is 123 cm³/mol. The normalized spacial score (nSPS) is 12.2. The maximum atomic E-state index is 13.3. The maximum absolute atomic E-state index is 13.3. The minimum atomic E-state index is -0.410. The van der Waals surface area contributed by atoms with Crippen LogP contribution in [0.4, 0.5) is 0 Å². The van der Waals surface area contributed by atoms with Gasteiger partial charge >= 0.3 is 0 Å². The van der Waals surface area contributed by atoms with Crippen molar-refractivity contribution >= 4 is 5.91 Å². The van der Waals surface area contributed by atoms with E-state index in [-0.39, 0.29) is 11.8 Å². The molecular weight excluding hydrogens is 402 g/mol. The summed E-state index contributed by atoms with van der Waals surface area (Å²) >= 11 is 0. The van der Waals surface area contributed by atoms with Crippen LogP contribution >= 0.6 is 0 Å². The molecule has 3 aromatic heterocycles. The monoisotopic (exact) mass is 429 g/mol. The summed E-state index contributed by atoms with van der Waals surface area (Å²) in [4.78, 5) is 21.8. The fourth-order valence-electron chi connectivity index (χ4n) is 3.89. The zero-order valence-corrected chi connectivity index (χ0v) is 19.0. The molecule has 1 N–H and O–H groups in total. The van der Waals surface area contributed by atoms with Crippen molar-refractivity contribution in [2.45, 2.75) is 40.7 Å². The molecule has 1 unspecified atom stereocenters. The molecule has 164 valence electrons. The van der Waals surface area contributed by atoms with E-state index in [9.17, 15) is 4.79 Å². The highest BCUT2D eigenvalue weighted by atomic mass is 16.5. The number of nitrogens with one attached hydrogen (secondary N) is 1. The molecule has 0 aliphatic carbocycles. The molecule has 0 saturated carbocycles. The van der Waals surface area contributed by atoms with Crippen LogP contribution in [0.5, 0.6) is 0 Å². The van der Waals surface area contributed by atoms with E-state index < -0.39 is 6.04 Å². The van der Waals surface area contributed by atoms with E-state index in [1.807, 2.05) is 58.0 Å². The number of carbonyl (C=O) groups excluding carboxylic acids is 1. The smallest absolute Gasteiger partial charge is 0.253 e. The summed E-state index contributed by atoms with van der Waals surface area (Å²) in [5.74, 6) is 0.748. The van der Waals surface area contributed by atoms with E-state index in [0.29, 0.717) is 17.3 Å². The average molecular weight is 430 g/mol. The topological polar surface area (TPSA) is 85.8 Å². The quantitative estimate of drug-likeness (QED) is 0.467. The number of nitrogens with zero attached hydrogens (tertiary/aromatic N) is 4. The molecule has 0 radical (unpaired) electrons. The first-order chi connectivity index (χ1) is 15.4. The molecule has 0 aliphatic heterocycles. The summed E-state index contributed by atoms with van der Waals surface area (Å²) in [5.41, 5.74) is 5.55. The third-order valence-electron chi connectivity index (χ3n) is 5.63. The van der Waals surface area contributed by atoms with Crippen molar-refractivity contribution in [2.75, 3.05) is 0 Å². The number of hydrogen-bond donors (Lipinski definition) is 1. The molecule has 0 saturated heterocycles. The van der Waals surface area contributed by atoms with Gasteiger partial charge in [0.05, 0.1) is 5.56 Å². The van der Waals surface area contributed by atoms with Gasteiger partial charge in [-0.05, 0) is 56.5 Å². The number of para-hydroxylation sites is 1. The summed E-state index contributed by atoms with van der Waals surface area (Å²) in [6.45, 7) is 10.1. The lowest BCUT2D eigenvalue weighted by Gasteiger charge is -2.18. The molecule has 1 atom stereocenters. The van der Waals surface area contributed by atoms with Crippen LogP contribution in [0.1, 0.15) is 53.1 Å². The first-order valence-electron chi connectivity index (χ1n) is 10.7. The fourth-order valence-corrected chi connectivity index (χ4v) is 3.89. The predicted octanol–water partition coefficient (Wildman–Crippen LogP) is 4.97. The van der Waals surface area contributed by atoms with Gasteiger partial charge in [-0.2, -0.15) is 4.98 Å². The lowest BCUT2D eigenvalue weighted by atomic mass is 10.0. The van der Waals surface area contributed by atoms with Crippen LogP contribution in [0.3, 0.4) is 0 Å². The van der Waals surface area contributed by atoms with Gasteiger partial charge in [0.2, 0.25) is 11.7 Å². The Hall–Kier alpha value is -3.74. The largest absolute Gasteiger partial charge is 0.340 e. The number of aryl methyl sites for hydroxylation is 2. The van der Waals surface area contributed by atoms with Gasteiger partial charge in [-0.25, -0.2) is 0 Å². The lowest BCUT2D eigenvalue weighted by Crippen LogP contribution is -2.32. The molecule has 1 amide bonds. The van der Waals surface area contributed by atoms with Gasteiger partial charge < -0.3 is 14.4 Å². The van der Waals surface area contributed by atoms with Crippen LogP contribution in [0.2, 0.25) is 0 Å². The van der Waals surface area contributed by atoms with Gasteiger partial charge in [0.15, 0.2) is 0 Å². The summed E-state index contributed by atoms with van der Waals surface area (Å²) in [7, 11) is 0. The van der Waals surface area contributed by atoms with Crippen LogP contribution in [-0.2, 0) is 0 Å². The standard InChI is InChI=1S/C25H27N5O2/c1-15(2)22(25-28-23(29-32-25)19-10-12-26-13-11-19)27-24(31)20-14-17(4)30(18(20)5)21-9-7-6-8-16(21)3/h6-15,22H,1-5H3,(H,27,31). The van der Waals surface area contributed by atoms with E-state index in [1.165, 1.54) is 0 Å². The summed E-state index contributed by atoms with van der Waals surface area (Å²) < 4.78 is 7.64. The minimum absolute atomic E-state index is 0.0598. The molecule has 4 rings (SSSR count). The Morgan fingerprint density at radius 2 is 1.78 bits per heavy atom. The van der Waals surface area contributed by atoms with Crippen LogP contribution in [0.15, 0.2) is 59.4 Å². The van der Waals surface area contributed by atoms with Crippen LogP contribution in [-0.4, -0.2) is 25.6 Å². The molecule has 0 fully saturated rings. The molecule has 32 heavy (non-hydrogen) atoms.